The Morgan fingerprint density at radius 2 is 1.78 bits per heavy atom. The molecule has 3 rings (SSSR count). The van der Waals surface area contributed by atoms with Crippen molar-refractivity contribution in [1.29, 1.82) is 0 Å². The van der Waals surface area contributed by atoms with Crippen LogP contribution in [0.25, 0.3) is 10.9 Å². The van der Waals surface area contributed by atoms with E-state index >= 15 is 0 Å². The predicted octanol–water partition coefficient (Wildman–Crippen LogP) is 3.95. The highest BCUT2D eigenvalue weighted by Crippen LogP contribution is 2.25. The highest BCUT2D eigenvalue weighted by Gasteiger charge is 2.24. The average Bonchev–Trinajstić information content (AvgIpc) is 2.69. The SMILES string of the molecule is CCN(C(=O)C(C)Sc1nc2ccccc2c(=O)n1CC)c1ccccc1. The molecule has 1 heterocycles. The van der Waals surface area contributed by atoms with Gasteiger partial charge in [-0.2, -0.15) is 0 Å². The molecule has 6 heteroatoms. The van der Waals surface area contributed by atoms with Crippen LogP contribution < -0.4 is 10.5 Å². The fourth-order valence-electron chi connectivity index (χ4n) is 3.02. The minimum atomic E-state index is -0.365. The highest BCUT2D eigenvalue weighted by molar-refractivity contribution is 8.00. The molecule has 5 nitrogen and oxygen atoms in total. The van der Waals surface area contributed by atoms with Gasteiger partial charge in [-0.25, -0.2) is 4.98 Å². The second-order valence-electron chi connectivity index (χ2n) is 6.14. The van der Waals surface area contributed by atoms with E-state index in [2.05, 4.69) is 4.98 Å². The molecule has 0 fully saturated rings. The van der Waals surface area contributed by atoms with Gasteiger partial charge in [0.25, 0.3) is 5.56 Å². The number of carbonyl (C=O) groups excluding carboxylic acids is 1. The zero-order chi connectivity index (χ0) is 19.4. The molecule has 0 spiro atoms. The monoisotopic (exact) mass is 381 g/mol. The fraction of sp³-hybridized carbons (Fsp3) is 0.286. The summed E-state index contributed by atoms with van der Waals surface area (Å²) in [6.07, 6.45) is 0. The summed E-state index contributed by atoms with van der Waals surface area (Å²) in [5.74, 6) is -0.00115. The molecule has 0 radical (unpaired) electrons. The molecular formula is C21H23N3O2S. The van der Waals surface area contributed by atoms with Gasteiger partial charge >= 0.3 is 0 Å². The molecule has 0 bridgehead atoms. The zero-order valence-corrected chi connectivity index (χ0v) is 16.6. The van der Waals surface area contributed by atoms with Crippen LogP contribution in [0.2, 0.25) is 0 Å². The van der Waals surface area contributed by atoms with E-state index in [-0.39, 0.29) is 16.7 Å². The number of para-hydroxylation sites is 2. The van der Waals surface area contributed by atoms with E-state index in [0.717, 1.165) is 5.69 Å². The lowest BCUT2D eigenvalue weighted by Crippen LogP contribution is -2.37. The van der Waals surface area contributed by atoms with Crippen LogP contribution in [0.15, 0.2) is 64.5 Å². The maximum atomic E-state index is 13.0. The Labute approximate surface area is 163 Å². The fourth-order valence-corrected chi connectivity index (χ4v) is 4.05. The molecule has 0 aliphatic heterocycles. The van der Waals surface area contributed by atoms with Gasteiger partial charge in [0.2, 0.25) is 5.91 Å². The Balaban J connectivity index is 1.92. The quantitative estimate of drug-likeness (QED) is 0.479. The molecule has 3 aromatic rings. The second kappa shape index (κ2) is 8.39. The first kappa shape index (κ1) is 19.2. The summed E-state index contributed by atoms with van der Waals surface area (Å²) in [4.78, 5) is 32.2. The van der Waals surface area contributed by atoms with E-state index in [9.17, 15) is 9.59 Å². The van der Waals surface area contributed by atoms with Crippen molar-refractivity contribution >= 4 is 34.3 Å². The van der Waals surface area contributed by atoms with Crippen LogP contribution in [0.4, 0.5) is 5.69 Å². The number of aromatic nitrogens is 2. The third kappa shape index (κ3) is 3.90. The van der Waals surface area contributed by atoms with E-state index in [1.807, 2.05) is 69.3 Å². The number of carbonyl (C=O) groups is 1. The Hall–Kier alpha value is -2.60. The van der Waals surface area contributed by atoms with Crippen molar-refractivity contribution in [2.75, 3.05) is 11.4 Å². The number of amides is 1. The van der Waals surface area contributed by atoms with Gasteiger partial charge in [0.1, 0.15) is 0 Å². The van der Waals surface area contributed by atoms with Crippen molar-refractivity contribution in [3.63, 3.8) is 0 Å². The first-order valence-corrected chi connectivity index (χ1v) is 9.97. The summed E-state index contributed by atoms with van der Waals surface area (Å²) >= 11 is 1.33. The third-order valence-electron chi connectivity index (χ3n) is 4.42. The Kier molecular flexibility index (Phi) is 5.96. The number of thioether (sulfide) groups is 1. The molecule has 1 aromatic heterocycles. The van der Waals surface area contributed by atoms with Crippen LogP contribution in [-0.2, 0) is 11.3 Å². The minimum absolute atomic E-state index is 0.00115. The Bertz CT molecular complexity index is 1000. The molecule has 0 aliphatic carbocycles. The van der Waals surface area contributed by atoms with Crippen LogP contribution in [0.3, 0.4) is 0 Å². The molecular weight excluding hydrogens is 358 g/mol. The Morgan fingerprint density at radius 3 is 2.44 bits per heavy atom. The lowest BCUT2D eigenvalue weighted by molar-refractivity contribution is -0.117. The van der Waals surface area contributed by atoms with Crippen LogP contribution in [0, 0.1) is 0 Å². The van der Waals surface area contributed by atoms with Gasteiger partial charge in [-0.1, -0.05) is 42.1 Å². The van der Waals surface area contributed by atoms with E-state index in [1.165, 1.54) is 11.8 Å². The summed E-state index contributed by atoms with van der Waals surface area (Å²) in [5.41, 5.74) is 1.46. The molecule has 0 saturated carbocycles. The molecule has 1 atom stereocenters. The van der Waals surface area contributed by atoms with Gasteiger partial charge in [-0.15, -0.1) is 0 Å². The molecule has 0 saturated heterocycles. The molecule has 2 aromatic carbocycles. The summed E-state index contributed by atoms with van der Waals surface area (Å²) in [6.45, 7) is 6.82. The largest absolute Gasteiger partial charge is 0.312 e. The van der Waals surface area contributed by atoms with Crippen molar-refractivity contribution in [2.45, 2.75) is 37.7 Å². The minimum Gasteiger partial charge on any atom is -0.312 e. The number of hydrogen-bond acceptors (Lipinski definition) is 4. The normalized spacial score (nSPS) is 12.1. The van der Waals surface area contributed by atoms with Crippen LogP contribution >= 0.6 is 11.8 Å². The van der Waals surface area contributed by atoms with Gasteiger partial charge in [-0.05, 0) is 45.0 Å². The van der Waals surface area contributed by atoms with Crippen molar-refractivity contribution in [1.82, 2.24) is 9.55 Å². The van der Waals surface area contributed by atoms with E-state index < -0.39 is 0 Å². The number of hydrogen-bond donors (Lipinski definition) is 0. The molecule has 0 N–H and O–H groups in total. The van der Waals surface area contributed by atoms with Gasteiger partial charge in [0, 0.05) is 18.8 Å². The topological polar surface area (TPSA) is 55.2 Å². The van der Waals surface area contributed by atoms with Crippen molar-refractivity contribution in [3.05, 3.63) is 65.0 Å². The standard InChI is InChI=1S/C21H23N3O2S/c1-4-23(16-11-7-6-8-12-16)19(25)15(3)27-21-22-18-14-10-9-13-17(18)20(26)24(21)5-2/h6-15H,4-5H2,1-3H3. The summed E-state index contributed by atoms with van der Waals surface area (Å²) < 4.78 is 1.63. The maximum Gasteiger partial charge on any atom is 0.262 e. The van der Waals surface area contributed by atoms with Crippen LogP contribution in [0.5, 0.6) is 0 Å². The van der Waals surface area contributed by atoms with Crippen LogP contribution in [-0.4, -0.2) is 27.3 Å². The molecule has 27 heavy (non-hydrogen) atoms. The first-order chi connectivity index (χ1) is 13.1. The van der Waals surface area contributed by atoms with Gasteiger partial charge in [0.15, 0.2) is 5.16 Å². The summed E-state index contributed by atoms with van der Waals surface area (Å²) in [5, 5.41) is 0.810. The maximum absolute atomic E-state index is 13.0. The predicted molar refractivity (Wildman–Crippen MR) is 111 cm³/mol. The smallest absolute Gasteiger partial charge is 0.262 e. The Morgan fingerprint density at radius 1 is 1.11 bits per heavy atom. The average molecular weight is 382 g/mol. The number of nitrogens with zero attached hydrogens (tertiary/aromatic N) is 3. The van der Waals surface area contributed by atoms with Gasteiger partial charge < -0.3 is 4.90 Å². The molecule has 1 unspecified atom stereocenters. The second-order valence-corrected chi connectivity index (χ2v) is 7.45. The van der Waals surface area contributed by atoms with E-state index in [4.69, 9.17) is 0 Å². The number of anilines is 1. The molecule has 140 valence electrons. The van der Waals surface area contributed by atoms with E-state index in [1.54, 1.807) is 15.5 Å². The lowest BCUT2D eigenvalue weighted by atomic mass is 10.2. The van der Waals surface area contributed by atoms with Crippen molar-refractivity contribution in [2.24, 2.45) is 0 Å². The number of benzene rings is 2. The van der Waals surface area contributed by atoms with Crippen molar-refractivity contribution < 1.29 is 4.79 Å². The lowest BCUT2D eigenvalue weighted by Gasteiger charge is -2.24. The van der Waals surface area contributed by atoms with E-state index in [0.29, 0.717) is 29.1 Å². The number of rotatable bonds is 6. The van der Waals surface area contributed by atoms with Crippen molar-refractivity contribution in [3.8, 4) is 0 Å². The summed E-state index contributed by atoms with van der Waals surface area (Å²) in [6, 6.07) is 16.9. The van der Waals surface area contributed by atoms with Gasteiger partial charge in [0.05, 0.1) is 16.2 Å². The molecule has 0 aliphatic rings. The van der Waals surface area contributed by atoms with Gasteiger partial charge in [-0.3, -0.25) is 14.2 Å². The first-order valence-electron chi connectivity index (χ1n) is 9.09. The zero-order valence-electron chi connectivity index (χ0n) is 15.8. The third-order valence-corrected chi connectivity index (χ3v) is 5.50. The molecule has 1 amide bonds. The highest BCUT2D eigenvalue weighted by atomic mass is 32.2. The number of fused-ring (bicyclic) bond motifs is 1. The van der Waals surface area contributed by atoms with Crippen LogP contribution in [0.1, 0.15) is 20.8 Å². The summed E-state index contributed by atoms with van der Waals surface area (Å²) in [7, 11) is 0.